The van der Waals surface area contributed by atoms with Crippen LogP contribution in [-0.4, -0.2) is 24.8 Å². The maximum Gasteiger partial charge on any atom is 0.277 e. The first-order chi connectivity index (χ1) is 13.1. The molecule has 138 valence electrons. The number of hydrogen-bond acceptors (Lipinski definition) is 8. The molecule has 0 N–H and O–H groups in total. The summed E-state index contributed by atoms with van der Waals surface area (Å²) in [6.07, 6.45) is 1.83. The molecule has 9 heteroatoms. The Morgan fingerprint density at radius 1 is 1.26 bits per heavy atom. The van der Waals surface area contributed by atoms with Crippen LogP contribution in [0.3, 0.4) is 0 Å². The van der Waals surface area contributed by atoms with Crippen molar-refractivity contribution >= 4 is 28.1 Å². The first-order valence-corrected chi connectivity index (χ1v) is 10.3. The molecule has 0 amide bonds. The SMILES string of the molecule is CCCc1nn2c(=O)cc(CSc3nnc(-c4cccc(C)c4)o3)nc2s1. The van der Waals surface area contributed by atoms with Crippen LogP contribution in [0.5, 0.6) is 0 Å². The molecule has 0 atom stereocenters. The summed E-state index contributed by atoms with van der Waals surface area (Å²) in [5, 5.41) is 13.9. The minimum absolute atomic E-state index is 0.166. The molecule has 1 aromatic carbocycles. The molecule has 0 bridgehead atoms. The summed E-state index contributed by atoms with van der Waals surface area (Å²) < 4.78 is 7.09. The lowest BCUT2D eigenvalue weighted by Gasteiger charge is -1.98. The predicted octanol–water partition coefficient (Wildman–Crippen LogP) is 3.75. The standard InChI is InChI=1S/C18H17N5O2S2/c1-3-5-14-22-23-15(24)9-13(19-17(23)27-14)10-26-18-21-20-16(25-18)12-7-4-6-11(2)8-12/h4,6-9H,3,5,10H2,1-2H3. The van der Waals surface area contributed by atoms with Gasteiger partial charge < -0.3 is 4.42 Å². The van der Waals surface area contributed by atoms with Gasteiger partial charge in [0.1, 0.15) is 5.01 Å². The second-order valence-electron chi connectivity index (χ2n) is 6.06. The van der Waals surface area contributed by atoms with Crippen LogP contribution in [-0.2, 0) is 12.2 Å². The zero-order valence-corrected chi connectivity index (χ0v) is 16.5. The Morgan fingerprint density at radius 2 is 2.15 bits per heavy atom. The van der Waals surface area contributed by atoms with E-state index in [1.54, 1.807) is 0 Å². The number of nitrogens with zero attached hydrogens (tertiary/aromatic N) is 5. The minimum Gasteiger partial charge on any atom is -0.411 e. The van der Waals surface area contributed by atoms with Gasteiger partial charge in [-0.15, -0.1) is 10.2 Å². The van der Waals surface area contributed by atoms with Crippen LogP contribution >= 0.6 is 23.1 Å². The highest BCUT2D eigenvalue weighted by Gasteiger charge is 2.12. The Kier molecular flexibility index (Phi) is 5.04. The average Bonchev–Trinajstić information content (AvgIpc) is 3.27. The average molecular weight is 400 g/mol. The molecule has 4 aromatic rings. The van der Waals surface area contributed by atoms with Crippen LogP contribution in [0.4, 0.5) is 0 Å². The number of aryl methyl sites for hydroxylation is 2. The molecule has 4 rings (SSSR count). The molecule has 0 saturated heterocycles. The fourth-order valence-electron chi connectivity index (χ4n) is 2.58. The van der Waals surface area contributed by atoms with Crippen LogP contribution in [0.15, 0.2) is 44.8 Å². The first kappa shape index (κ1) is 17.9. The van der Waals surface area contributed by atoms with Crippen LogP contribution in [0.25, 0.3) is 16.4 Å². The molecule has 0 saturated carbocycles. The third-order valence-corrected chi connectivity index (χ3v) is 5.64. The van der Waals surface area contributed by atoms with Crippen molar-refractivity contribution in [1.82, 2.24) is 24.8 Å². The summed E-state index contributed by atoms with van der Waals surface area (Å²) in [7, 11) is 0. The summed E-state index contributed by atoms with van der Waals surface area (Å²) in [5.41, 5.74) is 2.53. The van der Waals surface area contributed by atoms with Crippen molar-refractivity contribution in [1.29, 1.82) is 0 Å². The predicted molar refractivity (Wildman–Crippen MR) is 105 cm³/mol. The second kappa shape index (κ2) is 7.61. The molecular formula is C18H17N5O2S2. The van der Waals surface area contributed by atoms with Crippen molar-refractivity contribution in [3.8, 4) is 11.5 Å². The van der Waals surface area contributed by atoms with Gasteiger partial charge in [0.25, 0.3) is 10.8 Å². The highest BCUT2D eigenvalue weighted by atomic mass is 32.2. The van der Waals surface area contributed by atoms with E-state index in [4.69, 9.17) is 4.42 Å². The normalized spacial score (nSPS) is 11.3. The lowest BCUT2D eigenvalue weighted by atomic mass is 10.1. The van der Waals surface area contributed by atoms with E-state index >= 15 is 0 Å². The maximum absolute atomic E-state index is 12.3. The van der Waals surface area contributed by atoms with Crippen LogP contribution in [0.1, 0.15) is 29.6 Å². The summed E-state index contributed by atoms with van der Waals surface area (Å²) in [6.45, 7) is 4.10. The zero-order valence-electron chi connectivity index (χ0n) is 14.9. The van der Waals surface area contributed by atoms with E-state index in [2.05, 4.69) is 27.2 Å². The van der Waals surface area contributed by atoms with Gasteiger partial charge in [-0.3, -0.25) is 4.79 Å². The number of thioether (sulfide) groups is 1. The maximum atomic E-state index is 12.3. The summed E-state index contributed by atoms with van der Waals surface area (Å²) in [4.78, 5) is 17.4. The molecule has 0 fully saturated rings. The van der Waals surface area contributed by atoms with E-state index in [0.29, 0.717) is 27.5 Å². The Morgan fingerprint density at radius 3 is 2.96 bits per heavy atom. The quantitative estimate of drug-likeness (QED) is 0.456. The largest absolute Gasteiger partial charge is 0.411 e. The van der Waals surface area contributed by atoms with Crippen LogP contribution in [0, 0.1) is 6.92 Å². The van der Waals surface area contributed by atoms with Gasteiger partial charge in [0, 0.05) is 23.8 Å². The van der Waals surface area contributed by atoms with E-state index in [1.165, 1.54) is 33.7 Å². The first-order valence-electron chi connectivity index (χ1n) is 8.54. The van der Waals surface area contributed by atoms with Gasteiger partial charge in [-0.25, -0.2) is 4.98 Å². The van der Waals surface area contributed by atoms with Crippen molar-refractivity contribution in [2.75, 3.05) is 0 Å². The number of rotatable bonds is 6. The third kappa shape index (κ3) is 3.93. The molecular weight excluding hydrogens is 382 g/mol. The monoisotopic (exact) mass is 399 g/mol. The fraction of sp³-hybridized carbons (Fsp3) is 0.278. The fourth-order valence-corrected chi connectivity index (χ4v) is 4.26. The summed E-state index contributed by atoms with van der Waals surface area (Å²) in [5.74, 6) is 0.957. The van der Waals surface area contributed by atoms with E-state index < -0.39 is 0 Å². The van der Waals surface area contributed by atoms with Crippen molar-refractivity contribution in [2.45, 2.75) is 37.7 Å². The molecule has 27 heavy (non-hydrogen) atoms. The van der Waals surface area contributed by atoms with E-state index in [-0.39, 0.29) is 5.56 Å². The van der Waals surface area contributed by atoms with Gasteiger partial charge >= 0.3 is 0 Å². The summed E-state index contributed by atoms with van der Waals surface area (Å²) in [6, 6.07) is 9.41. The van der Waals surface area contributed by atoms with Gasteiger partial charge in [-0.1, -0.05) is 47.7 Å². The van der Waals surface area contributed by atoms with E-state index in [9.17, 15) is 4.79 Å². The summed E-state index contributed by atoms with van der Waals surface area (Å²) >= 11 is 2.82. The molecule has 0 aliphatic heterocycles. The number of hydrogen-bond donors (Lipinski definition) is 0. The molecule has 0 aliphatic carbocycles. The lowest BCUT2D eigenvalue weighted by Crippen LogP contribution is -2.15. The van der Waals surface area contributed by atoms with Gasteiger partial charge in [0.2, 0.25) is 10.9 Å². The van der Waals surface area contributed by atoms with Gasteiger partial charge in [0.05, 0.1) is 5.69 Å². The van der Waals surface area contributed by atoms with E-state index in [0.717, 1.165) is 29.0 Å². The molecule has 3 heterocycles. The van der Waals surface area contributed by atoms with Crippen molar-refractivity contribution in [2.24, 2.45) is 0 Å². The number of benzene rings is 1. The molecule has 0 radical (unpaired) electrons. The van der Waals surface area contributed by atoms with Crippen molar-refractivity contribution in [3.05, 3.63) is 57.0 Å². The van der Waals surface area contributed by atoms with Gasteiger partial charge in [0.15, 0.2) is 0 Å². The molecule has 3 aromatic heterocycles. The second-order valence-corrected chi connectivity index (χ2v) is 8.02. The van der Waals surface area contributed by atoms with Crippen molar-refractivity contribution in [3.63, 3.8) is 0 Å². The number of fused-ring (bicyclic) bond motifs is 1. The molecule has 0 aliphatic rings. The van der Waals surface area contributed by atoms with Crippen LogP contribution < -0.4 is 5.56 Å². The number of aromatic nitrogens is 5. The Hall–Kier alpha value is -2.52. The van der Waals surface area contributed by atoms with E-state index in [1.807, 2.05) is 31.2 Å². The zero-order chi connectivity index (χ0) is 18.8. The van der Waals surface area contributed by atoms with Crippen molar-refractivity contribution < 1.29 is 4.42 Å². The molecule has 0 spiro atoms. The molecule has 7 nitrogen and oxygen atoms in total. The minimum atomic E-state index is -0.166. The Balaban J connectivity index is 1.51. The van der Waals surface area contributed by atoms with Gasteiger partial charge in [-0.2, -0.15) is 9.61 Å². The topological polar surface area (TPSA) is 86.2 Å². The lowest BCUT2D eigenvalue weighted by molar-refractivity contribution is 0.465. The Labute approximate surface area is 163 Å². The highest BCUT2D eigenvalue weighted by molar-refractivity contribution is 7.98. The van der Waals surface area contributed by atoms with Gasteiger partial charge in [-0.05, 0) is 25.5 Å². The third-order valence-electron chi connectivity index (χ3n) is 3.82. The molecule has 0 unspecified atom stereocenters. The van der Waals surface area contributed by atoms with Crippen LogP contribution in [0.2, 0.25) is 0 Å². The highest BCUT2D eigenvalue weighted by Crippen LogP contribution is 2.25. The smallest absolute Gasteiger partial charge is 0.277 e. The Bertz CT molecular complexity index is 1150.